The maximum Gasteiger partial charge on any atom is 0.130 e. The standard InChI is InChI=1S/C20H21N3O/c1-14-8-15(2)10-17(9-14)18-11-20(23-13-22-18)21-12-19(24)16-6-4-3-5-7-16/h3-11,13,19,24H,12H2,1-2H3,(H,21,22,23)/t19-/m0/s1. The molecule has 0 bridgehead atoms. The Labute approximate surface area is 142 Å². The number of aryl methyl sites for hydroxylation is 2. The summed E-state index contributed by atoms with van der Waals surface area (Å²) in [5, 5.41) is 13.4. The molecule has 0 saturated heterocycles. The molecule has 0 aliphatic heterocycles. The van der Waals surface area contributed by atoms with Crippen LogP contribution in [0.15, 0.2) is 60.9 Å². The monoisotopic (exact) mass is 319 g/mol. The van der Waals surface area contributed by atoms with Crippen LogP contribution in [0.3, 0.4) is 0 Å². The number of aliphatic hydroxyl groups is 1. The predicted molar refractivity (Wildman–Crippen MR) is 96.8 cm³/mol. The Morgan fingerprint density at radius 2 is 1.67 bits per heavy atom. The Morgan fingerprint density at radius 3 is 2.38 bits per heavy atom. The molecule has 0 saturated carbocycles. The summed E-state index contributed by atoms with van der Waals surface area (Å²) in [5.74, 6) is 0.703. The minimum Gasteiger partial charge on any atom is -0.387 e. The summed E-state index contributed by atoms with van der Waals surface area (Å²) in [6.45, 7) is 4.55. The lowest BCUT2D eigenvalue weighted by molar-refractivity contribution is 0.191. The van der Waals surface area contributed by atoms with E-state index in [1.54, 1.807) is 6.33 Å². The Balaban J connectivity index is 1.74. The van der Waals surface area contributed by atoms with Gasteiger partial charge in [-0.25, -0.2) is 9.97 Å². The minimum atomic E-state index is -0.578. The smallest absolute Gasteiger partial charge is 0.130 e. The van der Waals surface area contributed by atoms with Gasteiger partial charge in [0.1, 0.15) is 12.1 Å². The molecule has 2 aromatic carbocycles. The minimum absolute atomic E-state index is 0.396. The van der Waals surface area contributed by atoms with Gasteiger partial charge in [0.25, 0.3) is 0 Å². The van der Waals surface area contributed by atoms with Crippen LogP contribution < -0.4 is 5.32 Å². The van der Waals surface area contributed by atoms with Crippen molar-refractivity contribution in [1.82, 2.24) is 9.97 Å². The maximum atomic E-state index is 10.2. The molecule has 0 fully saturated rings. The van der Waals surface area contributed by atoms with Crippen molar-refractivity contribution in [3.05, 3.63) is 77.6 Å². The number of nitrogens with one attached hydrogen (secondary N) is 1. The third kappa shape index (κ3) is 3.97. The van der Waals surface area contributed by atoms with Crippen LogP contribution in [0.4, 0.5) is 5.82 Å². The number of hydrogen-bond acceptors (Lipinski definition) is 4. The number of hydrogen-bond donors (Lipinski definition) is 2. The van der Waals surface area contributed by atoms with Gasteiger partial charge in [0, 0.05) is 18.2 Å². The molecule has 0 spiro atoms. The van der Waals surface area contributed by atoms with Gasteiger partial charge in [-0.05, 0) is 31.5 Å². The van der Waals surface area contributed by atoms with Crippen molar-refractivity contribution in [3.63, 3.8) is 0 Å². The quantitative estimate of drug-likeness (QED) is 0.748. The van der Waals surface area contributed by atoms with E-state index in [0.717, 1.165) is 16.8 Å². The van der Waals surface area contributed by atoms with E-state index in [9.17, 15) is 5.11 Å². The third-order valence-electron chi connectivity index (χ3n) is 3.85. The molecule has 1 aromatic heterocycles. The predicted octanol–water partition coefficient (Wildman–Crippen LogP) is 3.91. The lowest BCUT2D eigenvalue weighted by atomic mass is 10.0. The van der Waals surface area contributed by atoms with Gasteiger partial charge in [-0.2, -0.15) is 0 Å². The summed E-state index contributed by atoms with van der Waals surface area (Å²) in [6.07, 6.45) is 0.968. The first-order valence-electron chi connectivity index (χ1n) is 7.99. The molecule has 4 nitrogen and oxygen atoms in total. The third-order valence-corrected chi connectivity index (χ3v) is 3.85. The fourth-order valence-corrected chi connectivity index (χ4v) is 2.73. The second-order valence-corrected chi connectivity index (χ2v) is 5.97. The number of aliphatic hydroxyl groups excluding tert-OH is 1. The zero-order valence-corrected chi connectivity index (χ0v) is 13.9. The number of anilines is 1. The summed E-state index contributed by atoms with van der Waals surface area (Å²) in [5.41, 5.74) is 5.24. The lowest BCUT2D eigenvalue weighted by Crippen LogP contribution is -2.13. The fourth-order valence-electron chi connectivity index (χ4n) is 2.73. The van der Waals surface area contributed by atoms with Gasteiger partial charge < -0.3 is 10.4 Å². The highest BCUT2D eigenvalue weighted by atomic mass is 16.3. The molecular weight excluding hydrogens is 298 g/mol. The van der Waals surface area contributed by atoms with E-state index in [1.807, 2.05) is 36.4 Å². The van der Waals surface area contributed by atoms with Gasteiger partial charge in [0.15, 0.2) is 0 Å². The van der Waals surface area contributed by atoms with Crippen LogP contribution >= 0.6 is 0 Å². The van der Waals surface area contributed by atoms with Gasteiger partial charge in [0.2, 0.25) is 0 Å². The highest BCUT2D eigenvalue weighted by Crippen LogP contribution is 2.22. The maximum absolute atomic E-state index is 10.2. The van der Waals surface area contributed by atoms with Crippen molar-refractivity contribution in [2.24, 2.45) is 0 Å². The molecule has 122 valence electrons. The average Bonchev–Trinajstić information content (AvgIpc) is 2.60. The van der Waals surface area contributed by atoms with Gasteiger partial charge in [0.05, 0.1) is 11.8 Å². The van der Waals surface area contributed by atoms with Crippen LogP contribution in [0.5, 0.6) is 0 Å². The molecular formula is C20H21N3O. The van der Waals surface area contributed by atoms with Crippen LogP contribution in [0.1, 0.15) is 22.8 Å². The number of benzene rings is 2. The zero-order chi connectivity index (χ0) is 16.9. The summed E-state index contributed by atoms with van der Waals surface area (Å²) >= 11 is 0. The highest BCUT2D eigenvalue weighted by molar-refractivity contribution is 5.63. The molecule has 4 heteroatoms. The van der Waals surface area contributed by atoms with E-state index in [0.29, 0.717) is 12.4 Å². The number of nitrogens with zero attached hydrogens (tertiary/aromatic N) is 2. The SMILES string of the molecule is Cc1cc(C)cc(-c2cc(NC[C@H](O)c3ccccc3)ncn2)c1. The normalized spacial score (nSPS) is 12.0. The van der Waals surface area contributed by atoms with Crippen LogP contribution in [-0.4, -0.2) is 21.6 Å². The van der Waals surface area contributed by atoms with Crippen LogP contribution in [0.2, 0.25) is 0 Å². The Kier molecular flexibility index (Phi) is 4.87. The van der Waals surface area contributed by atoms with Gasteiger partial charge in [-0.1, -0.05) is 47.5 Å². The average molecular weight is 319 g/mol. The molecule has 3 rings (SSSR count). The van der Waals surface area contributed by atoms with Crippen LogP contribution in [0, 0.1) is 13.8 Å². The largest absolute Gasteiger partial charge is 0.387 e. The second kappa shape index (κ2) is 7.23. The molecule has 0 aliphatic rings. The van der Waals surface area contributed by atoms with Gasteiger partial charge >= 0.3 is 0 Å². The first-order valence-corrected chi connectivity index (χ1v) is 7.99. The second-order valence-electron chi connectivity index (χ2n) is 5.97. The Morgan fingerprint density at radius 1 is 0.958 bits per heavy atom. The Bertz CT molecular complexity index is 798. The molecule has 1 heterocycles. The molecule has 2 N–H and O–H groups in total. The summed E-state index contributed by atoms with van der Waals surface area (Å²) in [4.78, 5) is 8.61. The summed E-state index contributed by atoms with van der Waals surface area (Å²) < 4.78 is 0. The van der Waals surface area contributed by atoms with Crippen molar-refractivity contribution in [3.8, 4) is 11.3 Å². The fraction of sp³-hybridized carbons (Fsp3) is 0.200. The number of aromatic nitrogens is 2. The van der Waals surface area contributed by atoms with Crippen molar-refractivity contribution < 1.29 is 5.11 Å². The van der Waals surface area contributed by atoms with Crippen LogP contribution in [0.25, 0.3) is 11.3 Å². The number of rotatable bonds is 5. The summed E-state index contributed by atoms with van der Waals surface area (Å²) in [7, 11) is 0. The first-order chi connectivity index (χ1) is 11.6. The van der Waals surface area contributed by atoms with Gasteiger partial charge in [-0.3, -0.25) is 0 Å². The van der Waals surface area contributed by atoms with Gasteiger partial charge in [-0.15, -0.1) is 0 Å². The lowest BCUT2D eigenvalue weighted by Gasteiger charge is -2.13. The van der Waals surface area contributed by atoms with E-state index in [4.69, 9.17) is 0 Å². The Hall–Kier alpha value is -2.72. The molecule has 24 heavy (non-hydrogen) atoms. The first kappa shape index (κ1) is 16.1. The van der Waals surface area contributed by atoms with E-state index in [-0.39, 0.29) is 0 Å². The van der Waals surface area contributed by atoms with E-state index < -0.39 is 6.10 Å². The van der Waals surface area contributed by atoms with Crippen LogP contribution in [-0.2, 0) is 0 Å². The summed E-state index contributed by atoms with van der Waals surface area (Å²) in [6, 6.07) is 17.9. The zero-order valence-electron chi connectivity index (χ0n) is 13.9. The van der Waals surface area contributed by atoms with Crippen molar-refractivity contribution in [2.75, 3.05) is 11.9 Å². The molecule has 0 amide bonds. The van der Waals surface area contributed by atoms with Crippen molar-refractivity contribution in [1.29, 1.82) is 0 Å². The van der Waals surface area contributed by atoms with Crippen molar-refractivity contribution in [2.45, 2.75) is 20.0 Å². The highest BCUT2D eigenvalue weighted by Gasteiger charge is 2.08. The topological polar surface area (TPSA) is 58.0 Å². The molecule has 1 atom stereocenters. The van der Waals surface area contributed by atoms with E-state index in [1.165, 1.54) is 11.1 Å². The molecule has 0 radical (unpaired) electrons. The van der Waals surface area contributed by atoms with Crippen molar-refractivity contribution >= 4 is 5.82 Å². The van der Waals surface area contributed by atoms with E-state index in [2.05, 4.69) is 47.3 Å². The molecule has 0 unspecified atom stereocenters. The van der Waals surface area contributed by atoms with E-state index >= 15 is 0 Å². The molecule has 0 aliphatic carbocycles. The molecule has 3 aromatic rings.